The lowest BCUT2D eigenvalue weighted by Gasteiger charge is -2.24. The lowest BCUT2D eigenvalue weighted by atomic mass is 9.85. The molecule has 1 aliphatic carbocycles. The Morgan fingerprint density at radius 1 is 1.00 bits per heavy atom. The van der Waals surface area contributed by atoms with Crippen LogP contribution in [0.4, 0.5) is 5.69 Å². The van der Waals surface area contributed by atoms with Gasteiger partial charge in [-0.3, -0.25) is 4.79 Å². The molecule has 1 amide bonds. The Labute approximate surface area is 170 Å². The number of anilines is 1. The van der Waals surface area contributed by atoms with Crippen LogP contribution in [0, 0.1) is 0 Å². The summed E-state index contributed by atoms with van der Waals surface area (Å²) in [4.78, 5) is 12.0. The number of methoxy groups -OCH3 is 4. The number of benzene rings is 2. The van der Waals surface area contributed by atoms with E-state index in [1.165, 1.54) is 0 Å². The van der Waals surface area contributed by atoms with E-state index in [-0.39, 0.29) is 12.5 Å². The number of nitrogens with one attached hydrogen (secondary N) is 1. The summed E-state index contributed by atoms with van der Waals surface area (Å²) in [7, 11) is 6.34. The van der Waals surface area contributed by atoms with E-state index in [0.29, 0.717) is 28.7 Å². The summed E-state index contributed by atoms with van der Waals surface area (Å²) in [5.41, 5.74) is 10.1. The summed E-state index contributed by atoms with van der Waals surface area (Å²) in [6.07, 6.45) is 3.77. The zero-order valence-electron chi connectivity index (χ0n) is 17.1. The molecule has 0 unspecified atom stereocenters. The van der Waals surface area contributed by atoms with Crippen LogP contribution in [0.15, 0.2) is 30.3 Å². The molecule has 2 aromatic carbocycles. The molecular formula is C22H26N2O5. The quantitative estimate of drug-likeness (QED) is 0.745. The van der Waals surface area contributed by atoms with Gasteiger partial charge in [0.1, 0.15) is 5.75 Å². The van der Waals surface area contributed by atoms with Crippen LogP contribution >= 0.6 is 0 Å². The van der Waals surface area contributed by atoms with Crippen LogP contribution in [0.2, 0.25) is 0 Å². The predicted octanol–water partition coefficient (Wildman–Crippen LogP) is 3.00. The highest BCUT2D eigenvalue weighted by Gasteiger charge is 2.23. The normalized spacial score (nSPS) is 12.5. The largest absolute Gasteiger partial charge is 0.495 e. The van der Waals surface area contributed by atoms with Crippen molar-refractivity contribution in [3.8, 4) is 23.0 Å². The second-order valence-corrected chi connectivity index (χ2v) is 6.49. The van der Waals surface area contributed by atoms with E-state index in [1.54, 1.807) is 28.4 Å². The maximum absolute atomic E-state index is 12.0. The number of hydrogen-bond donors (Lipinski definition) is 2. The number of allylic oxidation sites excluding steroid dienone is 1. The summed E-state index contributed by atoms with van der Waals surface area (Å²) >= 11 is 0. The third-order valence-corrected chi connectivity index (χ3v) is 4.95. The first-order valence-electron chi connectivity index (χ1n) is 9.28. The van der Waals surface area contributed by atoms with Crippen molar-refractivity contribution in [1.29, 1.82) is 0 Å². The third kappa shape index (κ3) is 3.86. The Morgan fingerprint density at radius 2 is 1.66 bits per heavy atom. The topological polar surface area (TPSA) is 92.0 Å². The average Bonchev–Trinajstić information content (AvgIpc) is 2.77. The summed E-state index contributed by atoms with van der Waals surface area (Å²) < 4.78 is 21.9. The molecule has 0 heterocycles. The van der Waals surface area contributed by atoms with Crippen LogP contribution in [0.3, 0.4) is 0 Å². The van der Waals surface area contributed by atoms with E-state index in [1.807, 2.05) is 24.3 Å². The highest BCUT2D eigenvalue weighted by molar-refractivity contribution is 5.97. The van der Waals surface area contributed by atoms with Crippen molar-refractivity contribution in [3.05, 3.63) is 47.0 Å². The Morgan fingerprint density at radius 3 is 2.21 bits per heavy atom. The molecule has 1 aliphatic rings. The molecule has 29 heavy (non-hydrogen) atoms. The fraction of sp³-hybridized carbons (Fsp3) is 0.318. The van der Waals surface area contributed by atoms with Crippen LogP contribution in [0.5, 0.6) is 23.0 Å². The highest BCUT2D eigenvalue weighted by atomic mass is 16.5. The van der Waals surface area contributed by atoms with Crippen LogP contribution in [0.1, 0.15) is 23.1 Å². The fourth-order valence-corrected chi connectivity index (χ4v) is 3.62. The van der Waals surface area contributed by atoms with E-state index in [9.17, 15) is 4.79 Å². The van der Waals surface area contributed by atoms with Gasteiger partial charge in [0.25, 0.3) is 0 Å². The van der Waals surface area contributed by atoms with E-state index < -0.39 is 0 Å². The van der Waals surface area contributed by atoms with Crippen molar-refractivity contribution >= 4 is 17.2 Å². The van der Waals surface area contributed by atoms with Gasteiger partial charge < -0.3 is 30.0 Å². The molecule has 3 rings (SSSR count). The van der Waals surface area contributed by atoms with Crippen LogP contribution in [-0.2, 0) is 11.2 Å². The van der Waals surface area contributed by atoms with Gasteiger partial charge in [0.2, 0.25) is 11.7 Å². The number of carbonyl (C=O) groups is 1. The maximum atomic E-state index is 12.0. The number of amides is 1. The molecule has 0 spiro atoms. The Hall–Kier alpha value is -3.19. The molecule has 0 bridgehead atoms. The van der Waals surface area contributed by atoms with Gasteiger partial charge in [-0.05, 0) is 53.3 Å². The molecule has 2 aromatic rings. The van der Waals surface area contributed by atoms with Crippen molar-refractivity contribution < 1.29 is 23.7 Å². The highest BCUT2D eigenvalue weighted by Crippen LogP contribution is 2.44. The van der Waals surface area contributed by atoms with Gasteiger partial charge in [-0.1, -0.05) is 12.1 Å². The number of hydrogen-bond acceptors (Lipinski definition) is 6. The third-order valence-electron chi connectivity index (χ3n) is 4.95. The van der Waals surface area contributed by atoms with Gasteiger partial charge >= 0.3 is 0 Å². The number of carbonyl (C=O) groups excluding carboxylic acids is 1. The number of ether oxygens (including phenoxy) is 4. The molecule has 0 atom stereocenters. The average molecular weight is 398 g/mol. The van der Waals surface area contributed by atoms with E-state index in [2.05, 4.69) is 11.4 Å². The van der Waals surface area contributed by atoms with Crippen molar-refractivity contribution in [2.45, 2.75) is 12.8 Å². The van der Waals surface area contributed by atoms with Gasteiger partial charge in [0.05, 0.1) is 40.7 Å². The molecule has 0 radical (unpaired) electrons. The molecule has 3 N–H and O–H groups in total. The Kier molecular flexibility index (Phi) is 6.29. The van der Waals surface area contributed by atoms with Gasteiger partial charge in [0, 0.05) is 0 Å². The summed E-state index contributed by atoms with van der Waals surface area (Å²) in [6.45, 7) is -0.0948. The zero-order valence-corrected chi connectivity index (χ0v) is 17.1. The molecular weight excluding hydrogens is 372 g/mol. The predicted molar refractivity (Wildman–Crippen MR) is 112 cm³/mol. The van der Waals surface area contributed by atoms with E-state index in [4.69, 9.17) is 24.7 Å². The van der Waals surface area contributed by atoms with Gasteiger partial charge in [-0.25, -0.2) is 0 Å². The lowest BCUT2D eigenvalue weighted by Crippen LogP contribution is -2.23. The number of nitrogens with two attached hydrogens (primary N) is 1. The molecule has 7 nitrogen and oxygen atoms in total. The number of rotatable bonds is 7. The molecule has 154 valence electrons. The van der Waals surface area contributed by atoms with E-state index in [0.717, 1.165) is 35.1 Å². The molecule has 0 saturated carbocycles. The van der Waals surface area contributed by atoms with Crippen molar-refractivity contribution in [3.63, 3.8) is 0 Å². The van der Waals surface area contributed by atoms with E-state index >= 15 is 0 Å². The first-order valence-corrected chi connectivity index (χ1v) is 9.28. The fourth-order valence-electron chi connectivity index (χ4n) is 3.62. The maximum Gasteiger partial charge on any atom is 0.238 e. The second-order valence-electron chi connectivity index (χ2n) is 6.49. The minimum Gasteiger partial charge on any atom is -0.495 e. The molecule has 7 heteroatoms. The summed E-state index contributed by atoms with van der Waals surface area (Å²) in [5.74, 6) is 2.05. The summed E-state index contributed by atoms with van der Waals surface area (Å²) in [5, 5.41) is 2.89. The minimum absolute atomic E-state index is 0.0948. The molecule has 0 aromatic heterocycles. The zero-order chi connectivity index (χ0) is 21.0. The van der Waals surface area contributed by atoms with Crippen molar-refractivity contribution in [2.24, 2.45) is 5.73 Å². The SMILES string of the molecule is COc1ccc2c(c1NC(=O)CN)CCC=C2c1cc(OC)c(OC)c(OC)c1. The van der Waals surface area contributed by atoms with Crippen molar-refractivity contribution in [2.75, 3.05) is 40.3 Å². The van der Waals surface area contributed by atoms with Gasteiger partial charge in [0.15, 0.2) is 11.5 Å². The van der Waals surface area contributed by atoms with Gasteiger partial charge in [-0.2, -0.15) is 0 Å². The Balaban J connectivity index is 2.15. The van der Waals surface area contributed by atoms with Crippen LogP contribution in [0.25, 0.3) is 5.57 Å². The first-order chi connectivity index (χ1) is 14.1. The number of fused-ring (bicyclic) bond motifs is 1. The smallest absolute Gasteiger partial charge is 0.238 e. The minimum atomic E-state index is -0.263. The van der Waals surface area contributed by atoms with Gasteiger partial charge in [-0.15, -0.1) is 0 Å². The second kappa shape index (κ2) is 8.87. The molecule has 0 aliphatic heterocycles. The molecule has 0 fully saturated rings. The molecule has 0 saturated heterocycles. The summed E-state index contributed by atoms with van der Waals surface area (Å²) in [6, 6.07) is 7.69. The lowest BCUT2D eigenvalue weighted by molar-refractivity contribution is -0.114. The Bertz CT molecular complexity index is 927. The van der Waals surface area contributed by atoms with Crippen molar-refractivity contribution in [1.82, 2.24) is 0 Å². The standard InChI is InChI=1S/C22H26N2O5/c1-26-17-9-8-15-14(6-5-7-16(15)21(17)24-20(25)12-23)13-10-18(27-2)22(29-4)19(11-13)28-3/h6,8-11H,5,7,12,23H2,1-4H3,(H,24,25). The van der Waals surface area contributed by atoms with Crippen LogP contribution < -0.4 is 30.0 Å². The van der Waals surface area contributed by atoms with Crippen LogP contribution in [-0.4, -0.2) is 40.9 Å². The first kappa shape index (κ1) is 20.5. The monoisotopic (exact) mass is 398 g/mol.